The molecule has 0 aliphatic heterocycles. The fourth-order valence-electron chi connectivity index (χ4n) is 3.08. The molecule has 2 aromatic carbocycles. The molecule has 0 unspecified atom stereocenters. The number of methoxy groups -OCH3 is 2. The average molecular weight is 422 g/mol. The summed E-state index contributed by atoms with van der Waals surface area (Å²) in [5, 5.41) is 13.4. The molecule has 0 saturated heterocycles. The number of ether oxygens (including phenoxy) is 2. The van der Waals surface area contributed by atoms with Crippen LogP contribution in [0.1, 0.15) is 44.2 Å². The molecule has 0 spiro atoms. The van der Waals surface area contributed by atoms with E-state index in [0.717, 1.165) is 5.56 Å². The van der Waals surface area contributed by atoms with Crippen LogP contribution in [0.2, 0.25) is 0 Å². The fourth-order valence-corrected chi connectivity index (χ4v) is 3.08. The number of hydrogen-bond donors (Lipinski definition) is 1. The Bertz CT molecular complexity index is 1090. The van der Waals surface area contributed by atoms with E-state index in [2.05, 4.69) is 30.9 Å². The maximum absolute atomic E-state index is 11.4. The Morgan fingerprint density at radius 2 is 1.74 bits per heavy atom. The van der Waals surface area contributed by atoms with Crippen molar-refractivity contribution in [3.8, 4) is 22.9 Å². The summed E-state index contributed by atoms with van der Waals surface area (Å²) in [7, 11) is 3.10. The van der Waals surface area contributed by atoms with Crippen molar-refractivity contribution in [2.75, 3.05) is 14.2 Å². The monoisotopic (exact) mass is 422 g/mol. The molecule has 1 aromatic heterocycles. The summed E-state index contributed by atoms with van der Waals surface area (Å²) in [6.07, 6.45) is 1.51. The fraction of sp³-hybridized carbons (Fsp3) is 0.292. The van der Waals surface area contributed by atoms with Gasteiger partial charge in [-0.3, -0.25) is 4.79 Å². The topological polar surface area (TPSA) is 94.7 Å². The molecule has 0 amide bonds. The molecule has 3 aromatic rings. The molecule has 3 rings (SSSR count). The van der Waals surface area contributed by atoms with Gasteiger partial charge in [0.1, 0.15) is 0 Å². The largest absolute Gasteiger partial charge is 0.493 e. The van der Waals surface area contributed by atoms with Gasteiger partial charge in [-0.25, -0.2) is 0 Å². The van der Waals surface area contributed by atoms with E-state index >= 15 is 0 Å². The van der Waals surface area contributed by atoms with Gasteiger partial charge in [-0.1, -0.05) is 50.2 Å². The zero-order valence-corrected chi connectivity index (χ0v) is 18.3. The SMILES string of the molecule is COc1ccc(-c2noc(/C(=C/c3ccc(C(C)(C)C)cc3)CC(=O)O)n2)cc1OC. The number of nitrogens with zero attached hydrogens (tertiary/aromatic N) is 2. The number of benzene rings is 2. The minimum atomic E-state index is -0.983. The van der Waals surface area contributed by atoms with E-state index in [-0.39, 0.29) is 17.7 Å². The zero-order valence-electron chi connectivity index (χ0n) is 18.3. The average Bonchev–Trinajstić information content (AvgIpc) is 3.22. The Hall–Kier alpha value is -3.61. The van der Waals surface area contributed by atoms with Crippen LogP contribution in [0, 0.1) is 0 Å². The molecule has 1 N–H and O–H groups in total. The van der Waals surface area contributed by atoms with Crippen molar-refractivity contribution in [1.29, 1.82) is 0 Å². The Morgan fingerprint density at radius 1 is 1.06 bits per heavy atom. The standard InChI is InChI=1S/C24H26N2O5/c1-24(2,3)18-9-6-15(7-10-18)12-17(14-21(27)28)23-25-22(26-31-23)16-8-11-19(29-4)20(13-16)30-5/h6-13H,14H2,1-5H3,(H,27,28)/b17-12+. The van der Waals surface area contributed by atoms with Gasteiger partial charge in [0.2, 0.25) is 5.82 Å². The molecule has 0 aliphatic carbocycles. The van der Waals surface area contributed by atoms with Crippen LogP contribution in [-0.2, 0) is 10.2 Å². The first-order valence-corrected chi connectivity index (χ1v) is 9.80. The molecule has 0 atom stereocenters. The maximum Gasteiger partial charge on any atom is 0.308 e. The molecule has 0 bridgehead atoms. The van der Waals surface area contributed by atoms with Crippen molar-refractivity contribution in [3.05, 3.63) is 59.5 Å². The summed E-state index contributed by atoms with van der Waals surface area (Å²) in [5.74, 6) is 0.623. The molecular formula is C24H26N2O5. The van der Waals surface area contributed by atoms with E-state index in [1.54, 1.807) is 38.5 Å². The highest BCUT2D eigenvalue weighted by Crippen LogP contribution is 2.32. The van der Waals surface area contributed by atoms with Crippen LogP contribution in [0.4, 0.5) is 0 Å². The molecule has 7 nitrogen and oxygen atoms in total. The lowest BCUT2D eigenvalue weighted by atomic mass is 9.86. The third-order valence-corrected chi connectivity index (χ3v) is 4.80. The first-order valence-electron chi connectivity index (χ1n) is 9.80. The Balaban J connectivity index is 1.95. The van der Waals surface area contributed by atoms with E-state index in [4.69, 9.17) is 14.0 Å². The van der Waals surface area contributed by atoms with Crippen molar-refractivity contribution in [3.63, 3.8) is 0 Å². The predicted molar refractivity (Wildman–Crippen MR) is 118 cm³/mol. The zero-order chi connectivity index (χ0) is 22.6. The molecule has 162 valence electrons. The second kappa shape index (κ2) is 9.04. The van der Waals surface area contributed by atoms with Gasteiger partial charge in [0.25, 0.3) is 5.89 Å². The molecule has 0 radical (unpaired) electrons. The normalized spacial score (nSPS) is 12.0. The van der Waals surface area contributed by atoms with Crippen LogP contribution in [0.15, 0.2) is 47.0 Å². The first-order chi connectivity index (χ1) is 14.7. The van der Waals surface area contributed by atoms with Gasteiger partial charge in [-0.15, -0.1) is 0 Å². The van der Waals surface area contributed by atoms with Crippen LogP contribution in [0.5, 0.6) is 11.5 Å². The summed E-state index contributed by atoms with van der Waals surface area (Å²) in [6, 6.07) is 13.2. The number of carboxylic acid groups (broad SMARTS) is 1. The lowest BCUT2D eigenvalue weighted by Crippen LogP contribution is -2.10. The van der Waals surface area contributed by atoms with Gasteiger partial charge in [-0.05, 0) is 40.8 Å². The van der Waals surface area contributed by atoms with Crippen LogP contribution >= 0.6 is 0 Å². The van der Waals surface area contributed by atoms with Crippen LogP contribution in [-0.4, -0.2) is 35.4 Å². The Morgan fingerprint density at radius 3 is 2.32 bits per heavy atom. The first kappa shape index (κ1) is 22.1. The van der Waals surface area contributed by atoms with Crippen molar-refractivity contribution >= 4 is 17.6 Å². The molecule has 0 aliphatic rings. The van der Waals surface area contributed by atoms with E-state index in [9.17, 15) is 9.90 Å². The highest BCUT2D eigenvalue weighted by Gasteiger charge is 2.18. The second-order valence-electron chi connectivity index (χ2n) is 8.10. The third-order valence-electron chi connectivity index (χ3n) is 4.80. The summed E-state index contributed by atoms with van der Waals surface area (Å²) < 4.78 is 16.0. The highest BCUT2D eigenvalue weighted by atomic mass is 16.5. The number of hydrogen-bond acceptors (Lipinski definition) is 6. The van der Waals surface area contributed by atoms with Gasteiger partial charge < -0.3 is 19.1 Å². The minimum absolute atomic E-state index is 0.0347. The summed E-state index contributed by atoms with van der Waals surface area (Å²) in [5.41, 5.74) is 3.17. The predicted octanol–water partition coefficient (Wildman–Crippen LogP) is 5.07. The molecule has 0 saturated carbocycles. The van der Waals surface area contributed by atoms with E-state index < -0.39 is 5.97 Å². The summed E-state index contributed by atoms with van der Waals surface area (Å²) in [6.45, 7) is 6.42. The van der Waals surface area contributed by atoms with Crippen molar-refractivity contribution < 1.29 is 23.9 Å². The molecule has 0 fully saturated rings. The maximum atomic E-state index is 11.4. The number of aliphatic carboxylic acids is 1. The second-order valence-corrected chi connectivity index (χ2v) is 8.10. The third kappa shape index (κ3) is 5.31. The van der Waals surface area contributed by atoms with Gasteiger partial charge in [0.15, 0.2) is 11.5 Å². The number of carbonyl (C=O) groups is 1. The smallest absolute Gasteiger partial charge is 0.308 e. The van der Waals surface area contributed by atoms with E-state index in [0.29, 0.717) is 28.5 Å². The van der Waals surface area contributed by atoms with Crippen molar-refractivity contribution in [1.82, 2.24) is 10.1 Å². The Labute approximate surface area is 181 Å². The van der Waals surface area contributed by atoms with Gasteiger partial charge in [0, 0.05) is 11.1 Å². The van der Waals surface area contributed by atoms with E-state index in [1.807, 2.05) is 24.3 Å². The molecule has 1 heterocycles. The molecule has 31 heavy (non-hydrogen) atoms. The van der Waals surface area contributed by atoms with Gasteiger partial charge in [0.05, 0.1) is 20.6 Å². The lowest BCUT2D eigenvalue weighted by Gasteiger charge is -2.18. The van der Waals surface area contributed by atoms with Crippen LogP contribution in [0.3, 0.4) is 0 Å². The van der Waals surface area contributed by atoms with Crippen molar-refractivity contribution in [2.24, 2.45) is 0 Å². The molecular weight excluding hydrogens is 396 g/mol. The summed E-state index contributed by atoms with van der Waals surface area (Å²) in [4.78, 5) is 15.8. The lowest BCUT2D eigenvalue weighted by molar-refractivity contribution is -0.135. The Kier molecular flexibility index (Phi) is 6.44. The van der Waals surface area contributed by atoms with Crippen LogP contribution in [0.25, 0.3) is 23.0 Å². The minimum Gasteiger partial charge on any atom is -0.493 e. The highest BCUT2D eigenvalue weighted by molar-refractivity contribution is 5.89. The van der Waals surface area contributed by atoms with E-state index in [1.165, 1.54) is 5.56 Å². The molecule has 7 heteroatoms. The quantitative estimate of drug-likeness (QED) is 0.568. The van der Waals surface area contributed by atoms with Crippen molar-refractivity contribution in [2.45, 2.75) is 32.6 Å². The van der Waals surface area contributed by atoms with Gasteiger partial charge in [-0.2, -0.15) is 4.98 Å². The van der Waals surface area contributed by atoms with Gasteiger partial charge >= 0.3 is 5.97 Å². The number of carboxylic acids is 1. The number of rotatable bonds is 7. The summed E-state index contributed by atoms with van der Waals surface area (Å²) >= 11 is 0. The van der Waals surface area contributed by atoms with Crippen LogP contribution < -0.4 is 9.47 Å². The number of aromatic nitrogens is 2.